The van der Waals surface area contributed by atoms with Gasteiger partial charge in [-0.2, -0.15) is 0 Å². The van der Waals surface area contributed by atoms with Crippen LogP contribution in [0.5, 0.6) is 0 Å². The van der Waals surface area contributed by atoms with Gasteiger partial charge < -0.3 is 0 Å². The lowest BCUT2D eigenvalue weighted by Crippen LogP contribution is -2.08. The fourth-order valence-corrected chi connectivity index (χ4v) is 3.17. The van der Waals surface area contributed by atoms with Crippen LogP contribution in [0, 0.1) is 0 Å². The van der Waals surface area contributed by atoms with Crippen molar-refractivity contribution in [3.8, 4) is 11.4 Å². The fraction of sp³-hybridized carbons (Fsp3) is 0.286. The Hall–Kier alpha value is -0.830. The van der Waals surface area contributed by atoms with Gasteiger partial charge in [0, 0.05) is 26.9 Å². The molecule has 0 saturated heterocycles. The molecule has 1 aromatic carbocycles. The van der Waals surface area contributed by atoms with Crippen molar-refractivity contribution in [1.29, 1.82) is 0 Å². The highest BCUT2D eigenvalue weighted by molar-refractivity contribution is 6.35. The van der Waals surface area contributed by atoms with Crippen LogP contribution in [-0.4, -0.2) is 9.97 Å². The highest BCUT2D eigenvalue weighted by atomic mass is 35.5. The second-order valence-corrected chi connectivity index (χ2v) is 5.86. The van der Waals surface area contributed by atoms with Crippen molar-refractivity contribution in [1.82, 2.24) is 9.97 Å². The van der Waals surface area contributed by atoms with Crippen LogP contribution in [0.25, 0.3) is 11.4 Å². The number of hydrogen-bond acceptors (Lipinski definition) is 2. The smallest absolute Gasteiger partial charge is 0.161 e. The van der Waals surface area contributed by atoms with Crippen molar-refractivity contribution in [3.63, 3.8) is 0 Å². The second-order valence-electron chi connectivity index (χ2n) is 4.63. The van der Waals surface area contributed by atoms with Gasteiger partial charge in [0.1, 0.15) is 5.15 Å². The van der Waals surface area contributed by atoms with Crippen LogP contribution in [0.2, 0.25) is 15.2 Å². The minimum absolute atomic E-state index is 0.552. The summed E-state index contributed by atoms with van der Waals surface area (Å²) in [5.41, 5.74) is 2.94. The summed E-state index contributed by atoms with van der Waals surface area (Å²) in [6.45, 7) is 0. The van der Waals surface area contributed by atoms with Crippen molar-refractivity contribution in [2.24, 2.45) is 0 Å². The molecule has 0 spiro atoms. The molecule has 19 heavy (non-hydrogen) atoms. The van der Waals surface area contributed by atoms with E-state index in [4.69, 9.17) is 34.8 Å². The monoisotopic (exact) mass is 312 g/mol. The number of benzene rings is 1. The molecule has 0 unspecified atom stereocenters. The van der Waals surface area contributed by atoms with E-state index in [1.165, 1.54) is 0 Å². The molecule has 0 N–H and O–H groups in total. The quantitative estimate of drug-likeness (QED) is 0.694. The zero-order valence-electron chi connectivity index (χ0n) is 10.1. The Labute approximate surface area is 126 Å². The first-order valence-electron chi connectivity index (χ1n) is 6.15. The van der Waals surface area contributed by atoms with E-state index in [1.807, 2.05) is 0 Å². The molecule has 0 radical (unpaired) electrons. The molecule has 1 aromatic heterocycles. The minimum Gasteiger partial charge on any atom is -0.233 e. The minimum atomic E-state index is 0.552. The molecule has 2 aromatic rings. The molecule has 1 heterocycles. The third kappa shape index (κ3) is 2.71. The summed E-state index contributed by atoms with van der Waals surface area (Å²) >= 11 is 18.3. The van der Waals surface area contributed by atoms with Crippen molar-refractivity contribution in [2.75, 3.05) is 0 Å². The summed E-state index contributed by atoms with van der Waals surface area (Å²) in [5, 5.41) is 1.69. The lowest BCUT2D eigenvalue weighted by Gasteiger charge is -2.16. The van der Waals surface area contributed by atoms with Gasteiger partial charge in [0.05, 0.1) is 0 Å². The molecule has 1 aliphatic carbocycles. The van der Waals surface area contributed by atoms with E-state index in [-0.39, 0.29) is 0 Å². The van der Waals surface area contributed by atoms with E-state index in [1.54, 1.807) is 18.2 Å². The zero-order chi connectivity index (χ0) is 13.4. The van der Waals surface area contributed by atoms with Gasteiger partial charge in [-0.3, -0.25) is 0 Å². The topological polar surface area (TPSA) is 25.8 Å². The first-order chi connectivity index (χ1) is 9.13. The number of aromatic nitrogens is 2. The van der Waals surface area contributed by atoms with Gasteiger partial charge in [0.25, 0.3) is 0 Å². The SMILES string of the molecule is Clc1cc(Cl)cc(-c2nc(Cl)c3c(n2)CCCC3)c1. The molecule has 5 heteroatoms. The molecule has 98 valence electrons. The highest BCUT2D eigenvalue weighted by Crippen LogP contribution is 2.30. The molecule has 0 amide bonds. The molecule has 0 aliphatic heterocycles. The van der Waals surface area contributed by atoms with E-state index >= 15 is 0 Å². The lowest BCUT2D eigenvalue weighted by atomic mass is 9.97. The maximum absolute atomic E-state index is 6.26. The maximum Gasteiger partial charge on any atom is 0.161 e. The fourth-order valence-electron chi connectivity index (χ4n) is 2.36. The Morgan fingerprint density at radius 1 is 0.842 bits per heavy atom. The van der Waals surface area contributed by atoms with Crippen LogP contribution >= 0.6 is 34.8 Å². The van der Waals surface area contributed by atoms with E-state index < -0.39 is 0 Å². The van der Waals surface area contributed by atoms with Gasteiger partial charge >= 0.3 is 0 Å². The van der Waals surface area contributed by atoms with Gasteiger partial charge in [-0.15, -0.1) is 0 Å². The third-order valence-corrected chi connectivity index (χ3v) is 4.00. The van der Waals surface area contributed by atoms with E-state index in [9.17, 15) is 0 Å². The number of aryl methyl sites for hydroxylation is 1. The molecule has 0 fully saturated rings. The summed E-state index contributed by atoms with van der Waals surface area (Å²) < 4.78 is 0. The summed E-state index contributed by atoms with van der Waals surface area (Å²) in [4.78, 5) is 8.99. The molecule has 0 saturated carbocycles. The number of halogens is 3. The Morgan fingerprint density at radius 2 is 1.53 bits per heavy atom. The van der Waals surface area contributed by atoms with Crippen molar-refractivity contribution in [3.05, 3.63) is 44.7 Å². The van der Waals surface area contributed by atoms with Gasteiger partial charge in [-0.05, 0) is 43.9 Å². The van der Waals surface area contributed by atoms with Gasteiger partial charge in [-0.1, -0.05) is 34.8 Å². The van der Waals surface area contributed by atoms with Crippen LogP contribution in [0.3, 0.4) is 0 Å². The van der Waals surface area contributed by atoms with Gasteiger partial charge in [0.15, 0.2) is 5.82 Å². The zero-order valence-corrected chi connectivity index (χ0v) is 12.4. The van der Waals surface area contributed by atoms with E-state index in [2.05, 4.69) is 9.97 Å². The van der Waals surface area contributed by atoms with E-state index in [0.29, 0.717) is 21.0 Å². The largest absolute Gasteiger partial charge is 0.233 e. The predicted molar refractivity (Wildman–Crippen MR) is 79.1 cm³/mol. The maximum atomic E-state index is 6.26. The molecule has 0 bridgehead atoms. The van der Waals surface area contributed by atoms with Crippen LogP contribution in [0.4, 0.5) is 0 Å². The first kappa shape index (κ1) is 13.2. The summed E-state index contributed by atoms with van der Waals surface area (Å²) in [6.07, 6.45) is 4.22. The van der Waals surface area contributed by atoms with Crippen LogP contribution in [0.15, 0.2) is 18.2 Å². The average molecular weight is 314 g/mol. The predicted octanol–water partition coefficient (Wildman–Crippen LogP) is 4.98. The Morgan fingerprint density at radius 3 is 2.26 bits per heavy atom. The Balaban J connectivity index is 2.12. The van der Waals surface area contributed by atoms with E-state index in [0.717, 1.165) is 42.5 Å². The standard InChI is InChI=1S/C14H11Cl3N2/c15-9-5-8(6-10(16)7-9)14-18-12-4-2-1-3-11(12)13(17)19-14/h5-7H,1-4H2. The molecular formula is C14H11Cl3N2. The average Bonchev–Trinajstić information content (AvgIpc) is 2.37. The number of nitrogens with zero attached hydrogens (tertiary/aromatic N) is 2. The summed E-state index contributed by atoms with van der Waals surface area (Å²) in [5.74, 6) is 0.593. The van der Waals surface area contributed by atoms with Crippen molar-refractivity contribution < 1.29 is 0 Å². The molecular weight excluding hydrogens is 303 g/mol. The number of rotatable bonds is 1. The second kappa shape index (κ2) is 5.28. The van der Waals surface area contributed by atoms with Gasteiger partial charge in [-0.25, -0.2) is 9.97 Å². The Bertz CT molecular complexity index is 621. The first-order valence-corrected chi connectivity index (χ1v) is 7.28. The third-order valence-electron chi connectivity index (χ3n) is 3.25. The van der Waals surface area contributed by atoms with Crippen LogP contribution in [0.1, 0.15) is 24.1 Å². The molecule has 3 rings (SSSR count). The van der Waals surface area contributed by atoms with Crippen LogP contribution < -0.4 is 0 Å². The molecule has 2 nitrogen and oxygen atoms in total. The number of fused-ring (bicyclic) bond motifs is 1. The van der Waals surface area contributed by atoms with Crippen molar-refractivity contribution in [2.45, 2.75) is 25.7 Å². The molecule has 1 aliphatic rings. The highest BCUT2D eigenvalue weighted by Gasteiger charge is 2.17. The van der Waals surface area contributed by atoms with Crippen molar-refractivity contribution >= 4 is 34.8 Å². The van der Waals surface area contributed by atoms with Crippen LogP contribution in [-0.2, 0) is 12.8 Å². The Kier molecular flexibility index (Phi) is 3.66. The molecule has 0 atom stereocenters. The normalized spacial score (nSPS) is 14.3. The van der Waals surface area contributed by atoms with Gasteiger partial charge in [0.2, 0.25) is 0 Å². The summed E-state index contributed by atoms with van der Waals surface area (Å²) in [6, 6.07) is 5.29. The number of hydrogen-bond donors (Lipinski definition) is 0. The lowest BCUT2D eigenvalue weighted by molar-refractivity contribution is 0.663. The summed E-state index contributed by atoms with van der Waals surface area (Å²) in [7, 11) is 0.